The molecule has 5 nitrogen and oxygen atoms in total. The lowest BCUT2D eigenvalue weighted by Gasteiger charge is -2.32. The van der Waals surface area contributed by atoms with E-state index in [1.165, 1.54) is 12.8 Å². The Labute approximate surface area is 133 Å². The van der Waals surface area contributed by atoms with Gasteiger partial charge >= 0.3 is 0 Å². The van der Waals surface area contributed by atoms with Crippen molar-refractivity contribution in [1.29, 1.82) is 0 Å². The van der Waals surface area contributed by atoms with Gasteiger partial charge in [0.15, 0.2) is 5.69 Å². The van der Waals surface area contributed by atoms with Gasteiger partial charge in [-0.1, -0.05) is 13.8 Å². The zero-order chi connectivity index (χ0) is 15.7. The maximum atomic E-state index is 12.6. The number of hydrogen-bond acceptors (Lipinski definition) is 3. The van der Waals surface area contributed by atoms with Crippen LogP contribution in [0.5, 0.6) is 0 Å². The average Bonchev–Trinajstić information content (AvgIpc) is 3.25. The van der Waals surface area contributed by atoms with Crippen LogP contribution in [0.2, 0.25) is 0 Å². The van der Waals surface area contributed by atoms with Crippen molar-refractivity contribution >= 4 is 5.91 Å². The number of likely N-dealkylation sites (tertiary alicyclic amines) is 1. The van der Waals surface area contributed by atoms with Crippen molar-refractivity contribution in [3.8, 4) is 0 Å². The van der Waals surface area contributed by atoms with Crippen molar-refractivity contribution in [2.45, 2.75) is 51.5 Å². The van der Waals surface area contributed by atoms with Gasteiger partial charge in [-0.15, -0.1) is 0 Å². The summed E-state index contributed by atoms with van der Waals surface area (Å²) in [5.74, 6) is 1.39. The number of amides is 1. The molecule has 0 bridgehead atoms. The molecule has 0 atom stereocenters. The third kappa shape index (κ3) is 3.51. The Hall–Kier alpha value is -1.36. The fourth-order valence-corrected chi connectivity index (χ4v) is 3.23. The molecule has 122 valence electrons. The molecule has 22 heavy (non-hydrogen) atoms. The number of carbonyl (C=O) groups excluding carboxylic acids is 1. The minimum atomic E-state index is 0.0862. The summed E-state index contributed by atoms with van der Waals surface area (Å²) in [6.07, 6.45) is 4.90. The van der Waals surface area contributed by atoms with Crippen LogP contribution in [0, 0.1) is 5.92 Å². The smallest absolute Gasteiger partial charge is 0.274 e. The number of hydrogen-bond donors (Lipinski definition) is 1. The summed E-state index contributed by atoms with van der Waals surface area (Å²) in [7, 11) is 1.92. The Balaban J connectivity index is 1.53. The lowest BCUT2D eigenvalue weighted by molar-refractivity contribution is 0.0698. The largest absolute Gasteiger partial charge is 0.337 e. The van der Waals surface area contributed by atoms with Gasteiger partial charge in [-0.2, -0.15) is 5.10 Å². The van der Waals surface area contributed by atoms with E-state index >= 15 is 0 Å². The maximum absolute atomic E-state index is 12.6. The molecule has 1 saturated heterocycles. The van der Waals surface area contributed by atoms with Crippen LogP contribution in [0.3, 0.4) is 0 Å². The quantitative estimate of drug-likeness (QED) is 0.907. The van der Waals surface area contributed by atoms with Crippen LogP contribution in [0.25, 0.3) is 0 Å². The molecule has 5 heteroatoms. The summed E-state index contributed by atoms with van der Waals surface area (Å²) in [4.78, 5) is 14.6. The fraction of sp³-hybridized carbons (Fsp3) is 0.765. The number of rotatable bonds is 5. The average molecular weight is 304 g/mol. The number of piperidine rings is 1. The molecular formula is C17H28N4O. The molecule has 0 spiro atoms. The molecule has 2 heterocycles. The van der Waals surface area contributed by atoms with E-state index in [-0.39, 0.29) is 5.91 Å². The Morgan fingerprint density at radius 1 is 1.32 bits per heavy atom. The van der Waals surface area contributed by atoms with Gasteiger partial charge in [-0.05, 0) is 50.1 Å². The second kappa shape index (κ2) is 6.41. The third-order valence-electron chi connectivity index (χ3n) is 4.90. The molecular weight excluding hydrogens is 276 g/mol. The lowest BCUT2D eigenvalue weighted by atomic mass is 10.0. The van der Waals surface area contributed by atoms with Crippen LogP contribution in [0.15, 0.2) is 6.07 Å². The SMILES string of the molecule is CC(C)c1cc(C(=O)N2CCC(NCC3CC3)CC2)nn1C. The summed E-state index contributed by atoms with van der Waals surface area (Å²) in [5, 5.41) is 8.06. The summed E-state index contributed by atoms with van der Waals surface area (Å²) in [5.41, 5.74) is 1.71. The zero-order valence-electron chi connectivity index (χ0n) is 14.0. The second-order valence-corrected chi connectivity index (χ2v) is 7.15. The van der Waals surface area contributed by atoms with Gasteiger partial charge in [0.25, 0.3) is 5.91 Å². The first-order chi connectivity index (χ1) is 10.5. The number of aromatic nitrogens is 2. The monoisotopic (exact) mass is 304 g/mol. The van der Waals surface area contributed by atoms with Gasteiger partial charge in [0.05, 0.1) is 0 Å². The highest BCUT2D eigenvalue weighted by Crippen LogP contribution is 2.28. The predicted molar refractivity (Wildman–Crippen MR) is 86.9 cm³/mol. The molecule has 0 aromatic carbocycles. The van der Waals surface area contributed by atoms with Crippen molar-refractivity contribution in [2.75, 3.05) is 19.6 Å². The van der Waals surface area contributed by atoms with Gasteiger partial charge in [0.2, 0.25) is 0 Å². The van der Waals surface area contributed by atoms with E-state index in [1.807, 2.05) is 22.7 Å². The number of nitrogens with zero attached hydrogens (tertiary/aromatic N) is 3. The summed E-state index contributed by atoms with van der Waals surface area (Å²) in [6, 6.07) is 2.53. The van der Waals surface area contributed by atoms with Gasteiger partial charge in [-0.25, -0.2) is 0 Å². The minimum Gasteiger partial charge on any atom is -0.337 e. The molecule has 2 aliphatic rings. The lowest BCUT2D eigenvalue weighted by Crippen LogP contribution is -2.45. The van der Waals surface area contributed by atoms with E-state index in [2.05, 4.69) is 24.3 Å². The van der Waals surface area contributed by atoms with Crippen molar-refractivity contribution in [3.05, 3.63) is 17.5 Å². The van der Waals surface area contributed by atoms with Crippen molar-refractivity contribution < 1.29 is 4.79 Å². The van der Waals surface area contributed by atoms with Crippen molar-refractivity contribution in [3.63, 3.8) is 0 Å². The fourth-order valence-electron chi connectivity index (χ4n) is 3.23. The second-order valence-electron chi connectivity index (χ2n) is 7.15. The standard InChI is InChI=1S/C17H28N4O/c1-12(2)16-10-15(19-20(16)3)17(22)21-8-6-14(7-9-21)18-11-13-4-5-13/h10,12-14,18H,4-9,11H2,1-3H3. The van der Waals surface area contributed by atoms with E-state index < -0.39 is 0 Å². The summed E-state index contributed by atoms with van der Waals surface area (Å²) < 4.78 is 1.84. The number of nitrogens with one attached hydrogen (secondary N) is 1. The molecule has 1 aliphatic carbocycles. The molecule has 1 aromatic heterocycles. The molecule has 1 N–H and O–H groups in total. The number of aryl methyl sites for hydroxylation is 1. The van der Waals surface area contributed by atoms with Gasteiger partial charge in [0.1, 0.15) is 0 Å². The Bertz CT molecular complexity index is 525. The first kappa shape index (κ1) is 15.5. The Morgan fingerprint density at radius 2 is 2.00 bits per heavy atom. The van der Waals surface area contributed by atoms with Crippen LogP contribution in [0.1, 0.15) is 61.6 Å². The highest BCUT2D eigenvalue weighted by Gasteiger charge is 2.27. The molecule has 1 amide bonds. The molecule has 1 aromatic rings. The van der Waals surface area contributed by atoms with E-state index in [0.29, 0.717) is 17.7 Å². The Kier molecular flexibility index (Phi) is 4.52. The van der Waals surface area contributed by atoms with E-state index in [4.69, 9.17) is 0 Å². The first-order valence-electron chi connectivity index (χ1n) is 8.61. The van der Waals surface area contributed by atoms with Crippen LogP contribution in [-0.4, -0.2) is 46.3 Å². The highest BCUT2D eigenvalue weighted by atomic mass is 16.2. The topological polar surface area (TPSA) is 50.2 Å². The predicted octanol–water partition coefficient (Wildman–Crippen LogP) is 2.15. The van der Waals surface area contributed by atoms with Crippen LogP contribution >= 0.6 is 0 Å². The maximum Gasteiger partial charge on any atom is 0.274 e. The van der Waals surface area contributed by atoms with E-state index in [0.717, 1.165) is 44.1 Å². The van der Waals surface area contributed by atoms with Gasteiger partial charge < -0.3 is 10.2 Å². The van der Waals surface area contributed by atoms with Crippen molar-refractivity contribution in [2.24, 2.45) is 13.0 Å². The van der Waals surface area contributed by atoms with E-state index in [1.54, 1.807) is 0 Å². The molecule has 2 fully saturated rings. The number of carbonyl (C=O) groups is 1. The minimum absolute atomic E-state index is 0.0862. The molecule has 1 saturated carbocycles. The highest BCUT2D eigenvalue weighted by molar-refractivity contribution is 5.92. The molecule has 0 unspecified atom stereocenters. The van der Waals surface area contributed by atoms with Crippen LogP contribution in [0.4, 0.5) is 0 Å². The van der Waals surface area contributed by atoms with Crippen LogP contribution < -0.4 is 5.32 Å². The zero-order valence-corrected chi connectivity index (χ0v) is 14.0. The van der Waals surface area contributed by atoms with Gasteiger partial charge in [0, 0.05) is 31.9 Å². The Morgan fingerprint density at radius 3 is 2.55 bits per heavy atom. The van der Waals surface area contributed by atoms with Gasteiger partial charge in [-0.3, -0.25) is 9.48 Å². The molecule has 1 aliphatic heterocycles. The first-order valence-corrected chi connectivity index (χ1v) is 8.61. The van der Waals surface area contributed by atoms with E-state index in [9.17, 15) is 4.79 Å². The third-order valence-corrected chi connectivity index (χ3v) is 4.90. The summed E-state index contributed by atoms with van der Waals surface area (Å²) >= 11 is 0. The molecule has 0 radical (unpaired) electrons. The van der Waals surface area contributed by atoms with Crippen LogP contribution in [-0.2, 0) is 7.05 Å². The normalized spacial score (nSPS) is 19.9. The summed E-state index contributed by atoms with van der Waals surface area (Å²) in [6.45, 7) is 7.10. The van der Waals surface area contributed by atoms with Crippen molar-refractivity contribution in [1.82, 2.24) is 20.0 Å². The molecule has 3 rings (SSSR count).